The maximum Gasteiger partial charge on any atom is 0.331 e. The van der Waals surface area contributed by atoms with E-state index in [1.807, 2.05) is 37.3 Å². The number of hydrogen-bond donors (Lipinski definition) is 1. The molecule has 0 amide bonds. The molecule has 1 aromatic carbocycles. The molecule has 3 aromatic rings. The van der Waals surface area contributed by atoms with Crippen molar-refractivity contribution in [3.8, 4) is 5.00 Å². The van der Waals surface area contributed by atoms with Gasteiger partial charge in [-0.05, 0) is 52.7 Å². The summed E-state index contributed by atoms with van der Waals surface area (Å²) in [4.78, 5) is 14.8. The first kappa shape index (κ1) is 10.8. The molecule has 2 heterocycles. The lowest BCUT2D eigenvalue weighted by Crippen LogP contribution is -2.13. The van der Waals surface area contributed by atoms with Crippen molar-refractivity contribution in [2.24, 2.45) is 0 Å². The van der Waals surface area contributed by atoms with E-state index in [1.54, 1.807) is 4.57 Å². The number of aromatic nitrogens is 2. The van der Waals surface area contributed by atoms with Crippen LogP contribution in [-0.2, 0) is 0 Å². The lowest BCUT2D eigenvalue weighted by molar-refractivity contribution is 1.04. The lowest BCUT2D eigenvalue weighted by Gasteiger charge is -1.99. The number of nitrogens with one attached hydrogen (secondary N) is 1. The largest absolute Gasteiger partial charge is 0.331 e. The highest BCUT2D eigenvalue weighted by Gasteiger charge is 2.10. The summed E-state index contributed by atoms with van der Waals surface area (Å²) in [7, 11) is 0. The van der Waals surface area contributed by atoms with Crippen molar-refractivity contribution in [2.75, 3.05) is 0 Å². The Balaban J connectivity index is 2.36. The number of benzene rings is 1. The third-order valence-corrected chi connectivity index (χ3v) is 4.23. The Morgan fingerprint density at radius 1 is 1.29 bits per heavy atom. The standard InChI is InChI=1S/C12H9BrN2OS/c1-7-2-3-9-8(6-7)14-12(16)15(9)11-5-4-10(13)17-11/h2-6H,1H3,(H,14,16). The normalized spacial score (nSPS) is 11.2. The van der Waals surface area contributed by atoms with Crippen LogP contribution in [-0.4, -0.2) is 9.55 Å². The Morgan fingerprint density at radius 2 is 2.12 bits per heavy atom. The van der Waals surface area contributed by atoms with Crippen molar-refractivity contribution < 1.29 is 0 Å². The van der Waals surface area contributed by atoms with Gasteiger partial charge in [0.1, 0.15) is 5.00 Å². The monoisotopic (exact) mass is 308 g/mol. The molecule has 0 atom stereocenters. The SMILES string of the molecule is Cc1ccc2c(c1)[nH]c(=O)n2-c1ccc(Br)s1. The summed E-state index contributed by atoms with van der Waals surface area (Å²) in [5.41, 5.74) is 2.83. The van der Waals surface area contributed by atoms with Crippen LogP contribution in [0.15, 0.2) is 38.9 Å². The van der Waals surface area contributed by atoms with Crippen molar-refractivity contribution in [1.82, 2.24) is 9.55 Å². The van der Waals surface area contributed by atoms with Crippen LogP contribution in [0.5, 0.6) is 0 Å². The molecule has 1 N–H and O–H groups in total. The first-order valence-electron chi connectivity index (χ1n) is 5.12. The number of imidazole rings is 1. The molecule has 3 nitrogen and oxygen atoms in total. The topological polar surface area (TPSA) is 37.8 Å². The van der Waals surface area contributed by atoms with Gasteiger partial charge >= 0.3 is 5.69 Å². The number of thiophene rings is 1. The van der Waals surface area contributed by atoms with E-state index in [1.165, 1.54) is 11.3 Å². The maximum absolute atomic E-state index is 12.0. The molecule has 0 aliphatic heterocycles. The summed E-state index contributed by atoms with van der Waals surface area (Å²) < 4.78 is 2.71. The summed E-state index contributed by atoms with van der Waals surface area (Å²) in [5.74, 6) is 0. The summed E-state index contributed by atoms with van der Waals surface area (Å²) in [6.07, 6.45) is 0. The molecular formula is C12H9BrN2OS. The van der Waals surface area contributed by atoms with Crippen molar-refractivity contribution in [3.63, 3.8) is 0 Å². The molecule has 0 radical (unpaired) electrons. The van der Waals surface area contributed by atoms with E-state index in [0.29, 0.717) is 0 Å². The third kappa shape index (κ3) is 1.75. The smallest absolute Gasteiger partial charge is 0.305 e. The van der Waals surface area contributed by atoms with Crippen LogP contribution in [0.2, 0.25) is 0 Å². The molecule has 0 unspecified atom stereocenters. The minimum Gasteiger partial charge on any atom is -0.305 e. The minimum atomic E-state index is -0.0973. The van der Waals surface area contributed by atoms with Gasteiger partial charge in [-0.3, -0.25) is 4.57 Å². The first-order valence-corrected chi connectivity index (χ1v) is 6.73. The fraction of sp³-hybridized carbons (Fsp3) is 0.0833. The van der Waals surface area contributed by atoms with Crippen molar-refractivity contribution in [3.05, 3.63) is 50.2 Å². The van der Waals surface area contributed by atoms with Crippen LogP contribution in [0, 0.1) is 6.92 Å². The van der Waals surface area contributed by atoms with Gasteiger partial charge in [0, 0.05) is 0 Å². The number of halogens is 1. The first-order chi connectivity index (χ1) is 8.15. The maximum atomic E-state index is 12.0. The highest BCUT2D eigenvalue weighted by atomic mass is 79.9. The Kier molecular flexibility index (Phi) is 2.45. The Labute approximate surface area is 110 Å². The molecule has 2 aromatic heterocycles. The zero-order valence-corrected chi connectivity index (χ0v) is 11.4. The minimum absolute atomic E-state index is 0.0973. The van der Waals surface area contributed by atoms with Gasteiger partial charge in [0.15, 0.2) is 0 Å². The number of aryl methyl sites for hydroxylation is 1. The van der Waals surface area contributed by atoms with Gasteiger partial charge in [-0.1, -0.05) is 6.07 Å². The van der Waals surface area contributed by atoms with E-state index in [4.69, 9.17) is 0 Å². The average molecular weight is 309 g/mol. The fourth-order valence-corrected chi connectivity index (χ4v) is 3.24. The van der Waals surface area contributed by atoms with E-state index in [0.717, 1.165) is 25.4 Å². The van der Waals surface area contributed by atoms with Crippen LogP contribution in [0.3, 0.4) is 0 Å². The van der Waals surface area contributed by atoms with Gasteiger partial charge in [-0.25, -0.2) is 4.79 Å². The summed E-state index contributed by atoms with van der Waals surface area (Å²) >= 11 is 4.95. The van der Waals surface area contributed by atoms with Gasteiger partial charge in [-0.15, -0.1) is 11.3 Å². The summed E-state index contributed by atoms with van der Waals surface area (Å²) in [6, 6.07) is 9.84. The number of nitrogens with zero attached hydrogens (tertiary/aromatic N) is 1. The Morgan fingerprint density at radius 3 is 2.82 bits per heavy atom. The summed E-state index contributed by atoms with van der Waals surface area (Å²) in [5, 5.41) is 0.914. The molecule has 0 aliphatic rings. The highest BCUT2D eigenvalue weighted by Crippen LogP contribution is 2.26. The van der Waals surface area contributed by atoms with Gasteiger partial charge in [0.2, 0.25) is 0 Å². The molecule has 0 fully saturated rings. The average Bonchev–Trinajstić information content (AvgIpc) is 2.80. The predicted molar refractivity (Wildman–Crippen MR) is 74.2 cm³/mol. The van der Waals surface area contributed by atoms with Gasteiger partial charge in [-0.2, -0.15) is 0 Å². The van der Waals surface area contributed by atoms with Gasteiger partial charge in [0.25, 0.3) is 0 Å². The van der Waals surface area contributed by atoms with Crippen molar-refractivity contribution >= 4 is 38.3 Å². The second kappa shape index (κ2) is 3.85. The zero-order chi connectivity index (χ0) is 12.0. The molecule has 0 bridgehead atoms. The Hall–Kier alpha value is -1.33. The van der Waals surface area contributed by atoms with Crippen molar-refractivity contribution in [1.29, 1.82) is 0 Å². The summed E-state index contributed by atoms with van der Waals surface area (Å²) in [6.45, 7) is 2.01. The molecule has 5 heteroatoms. The number of rotatable bonds is 1. The predicted octanol–water partition coefficient (Wildman–Crippen LogP) is 3.45. The van der Waals surface area contributed by atoms with Crippen LogP contribution in [0.1, 0.15) is 5.56 Å². The molecule has 0 saturated carbocycles. The Bertz CT molecular complexity index is 753. The van der Waals surface area contributed by atoms with Gasteiger partial charge in [0.05, 0.1) is 14.8 Å². The van der Waals surface area contributed by atoms with Crippen LogP contribution >= 0.6 is 27.3 Å². The quantitative estimate of drug-likeness (QED) is 0.734. The third-order valence-electron chi connectivity index (χ3n) is 2.62. The molecule has 0 aliphatic carbocycles. The van der Waals surface area contributed by atoms with E-state index in [9.17, 15) is 4.79 Å². The number of H-pyrrole nitrogens is 1. The highest BCUT2D eigenvalue weighted by molar-refractivity contribution is 9.11. The van der Waals surface area contributed by atoms with E-state index < -0.39 is 0 Å². The van der Waals surface area contributed by atoms with E-state index >= 15 is 0 Å². The van der Waals surface area contributed by atoms with E-state index in [-0.39, 0.29) is 5.69 Å². The zero-order valence-electron chi connectivity index (χ0n) is 9.03. The molecule has 0 saturated heterocycles. The molecular weight excluding hydrogens is 300 g/mol. The molecule has 17 heavy (non-hydrogen) atoms. The van der Waals surface area contributed by atoms with Crippen LogP contribution < -0.4 is 5.69 Å². The number of aromatic amines is 1. The fourth-order valence-electron chi connectivity index (χ4n) is 1.87. The molecule has 3 rings (SSSR count). The van der Waals surface area contributed by atoms with Crippen LogP contribution in [0.4, 0.5) is 0 Å². The van der Waals surface area contributed by atoms with E-state index in [2.05, 4.69) is 20.9 Å². The molecule has 86 valence electrons. The second-order valence-electron chi connectivity index (χ2n) is 3.86. The number of fused-ring (bicyclic) bond motifs is 1. The second-order valence-corrected chi connectivity index (χ2v) is 6.31. The van der Waals surface area contributed by atoms with Crippen LogP contribution in [0.25, 0.3) is 16.0 Å². The molecule has 0 spiro atoms. The van der Waals surface area contributed by atoms with Crippen molar-refractivity contribution in [2.45, 2.75) is 6.92 Å². The number of hydrogen-bond acceptors (Lipinski definition) is 2. The van der Waals surface area contributed by atoms with Gasteiger partial charge < -0.3 is 4.98 Å². The lowest BCUT2D eigenvalue weighted by atomic mass is 10.2.